The topological polar surface area (TPSA) is 38.5 Å². The van der Waals surface area contributed by atoms with E-state index in [1.165, 1.54) is 11.1 Å². The highest BCUT2D eigenvalue weighted by atomic mass is 16.5. The second-order valence-electron chi connectivity index (χ2n) is 5.66. The molecule has 0 unspecified atom stereocenters. The third-order valence-electron chi connectivity index (χ3n) is 2.86. The third-order valence-corrected chi connectivity index (χ3v) is 2.86. The highest BCUT2D eigenvalue weighted by Crippen LogP contribution is 2.21. The van der Waals surface area contributed by atoms with Crippen molar-refractivity contribution >= 4 is 0 Å². The Labute approximate surface area is 111 Å². The number of hydrogen-bond donors (Lipinski definition) is 1. The molecule has 0 radical (unpaired) electrons. The highest BCUT2D eigenvalue weighted by Gasteiger charge is 2.14. The molecule has 0 saturated heterocycles. The van der Waals surface area contributed by atoms with Crippen molar-refractivity contribution in [3.05, 3.63) is 29.3 Å². The lowest BCUT2D eigenvalue weighted by atomic mass is 10.0. The van der Waals surface area contributed by atoms with Gasteiger partial charge < -0.3 is 15.4 Å². The molecule has 3 nitrogen and oxygen atoms in total. The summed E-state index contributed by atoms with van der Waals surface area (Å²) in [6, 6.07) is 6.40. The van der Waals surface area contributed by atoms with Gasteiger partial charge in [-0.05, 0) is 44.5 Å². The Hall–Kier alpha value is -1.06. The zero-order chi connectivity index (χ0) is 13.8. The normalized spacial score (nSPS) is 11.9. The molecule has 1 rings (SSSR count). The van der Waals surface area contributed by atoms with E-state index < -0.39 is 0 Å². The van der Waals surface area contributed by atoms with E-state index in [4.69, 9.17) is 10.5 Å². The van der Waals surface area contributed by atoms with Crippen molar-refractivity contribution in [2.75, 3.05) is 20.7 Å². The summed E-state index contributed by atoms with van der Waals surface area (Å²) in [5.74, 6) is 0.975. The van der Waals surface area contributed by atoms with Crippen molar-refractivity contribution in [3.63, 3.8) is 0 Å². The second kappa shape index (κ2) is 6.21. The molecule has 0 aromatic heterocycles. The average molecular weight is 250 g/mol. The summed E-state index contributed by atoms with van der Waals surface area (Å²) in [7, 11) is 3.82. The Morgan fingerprint density at radius 2 is 2.00 bits per heavy atom. The Morgan fingerprint density at radius 1 is 1.33 bits per heavy atom. The minimum Gasteiger partial charge on any atom is -0.496 e. The van der Waals surface area contributed by atoms with E-state index in [-0.39, 0.29) is 5.54 Å². The molecule has 18 heavy (non-hydrogen) atoms. The standard InChI is InChI=1S/C15H26N2O/c1-6-13-9-12(7-8-14(13)18-5)10-17(4)11-15(2,3)16/h7-9H,6,10-11,16H2,1-5H3. The van der Waals surface area contributed by atoms with Gasteiger partial charge in [-0.15, -0.1) is 0 Å². The summed E-state index contributed by atoms with van der Waals surface area (Å²) >= 11 is 0. The van der Waals surface area contributed by atoms with Crippen LogP contribution < -0.4 is 10.5 Å². The molecule has 0 amide bonds. The van der Waals surface area contributed by atoms with Crippen molar-refractivity contribution in [3.8, 4) is 5.75 Å². The van der Waals surface area contributed by atoms with Gasteiger partial charge in [-0.25, -0.2) is 0 Å². The van der Waals surface area contributed by atoms with Crippen LogP contribution in [0.15, 0.2) is 18.2 Å². The maximum atomic E-state index is 6.03. The van der Waals surface area contributed by atoms with Crippen LogP contribution >= 0.6 is 0 Å². The van der Waals surface area contributed by atoms with Crippen molar-refractivity contribution in [1.82, 2.24) is 4.90 Å². The first-order valence-electron chi connectivity index (χ1n) is 6.49. The fraction of sp³-hybridized carbons (Fsp3) is 0.600. The highest BCUT2D eigenvalue weighted by molar-refractivity contribution is 5.37. The molecule has 0 fully saturated rings. The van der Waals surface area contributed by atoms with E-state index in [0.717, 1.165) is 25.3 Å². The van der Waals surface area contributed by atoms with E-state index in [1.807, 2.05) is 0 Å². The van der Waals surface area contributed by atoms with Gasteiger partial charge in [0.1, 0.15) is 5.75 Å². The minimum absolute atomic E-state index is 0.158. The molecule has 3 heteroatoms. The number of nitrogens with zero attached hydrogens (tertiary/aromatic N) is 1. The number of ether oxygens (including phenoxy) is 1. The lowest BCUT2D eigenvalue weighted by Gasteiger charge is -2.26. The van der Waals surface area contributed by atoms with E-state index in [9.17, 15) is 0 Å². The van der Waals surface area contributed by atoms with Gasteiger partial charge in [0, 0.05) is 18.6 Å². The van der Waals surface area contributed by atoms with E-state index in [2.05, 4.69) is 50.9 Å². The molecule has 102 valence electrons. The van der Waals surface area contributed by atoms with Gasteiger partial charge in [0.2, 0.25) is 0 Å². The van der Waals surface area contributed by atoms with Crippen LogP contribution in [0.4, 0.5) is 0 Å². The maximum absolute atomic E-state index is 6.03. The number of nitrogens with two attached hydrogens (primary N) is 1. The van der Waals surface area contributed by atoms with Crippen LogP contribution in [0.2, 0.25) is 0 Å². The van der Waals surface area contributed by atoms with Crippen molar-refractivity contribution < 1.29 is 4.74 Å². The summed E-state index contributed by atoms with van der Waals surface area (Å²) in [5, 5.41) is 0. The average Bonchev–Trinajstić information content (AvgIpc) is 2.26. The predicted molar refractivity (Wildman–Crippen MR) is 77.0 cm³/mol. The van der Waals surface area contributed by atoms with Crippen molar-refractivity contribution in [2.24, 2.45) is 5.73 Å². The van der Waals surface area contributed by atoms with Crippen LogP contribution in [0.25, 0.3) is 0 Å². The van der Waals surface area contributed by atoms with Gasteiger partial charge in [-0.2, -0.15) is 0 Å². The SMILES string of the molecule is CCc1cc(CN(C)CC(C)(C)N)ccc1OC. The summed E-state index contributed by atoms with van der Waals surface area (Å²) in [4.78, 5) is 2.25. The Morgan fingerprint density at radius 3 is 2.50 bits per heavy atom. The van der Waals surface area contributed by atoms with Gasteiger partial charge in [0.25, 0.3) is 0 Å². The molecule has 2 N–H and O–H groups in total. The molecular weight excluding hydrogens is 224 g/mol. The fourth-order valence-corrected chi connectivity index (χ4v) is 2.27. The van der Waals surface area contributed by atoms with E-state index >= 15 is 0 Å². The molecule has 0 spiro atoms. The summed E-state index contributed by atoms with van der Waals surface area (Å²) in [6.45, 7) is 8.04. The molecule has 0 heterocycles. The quantitative estimate of drug-likeness (QED) is 0.842. The number of hydrogen-bond acceptors (Lipinski definition) is 3. The van der Waals surface area contributed by atoms with Crippen LogP contribution in [-0.4, -0.2) is 31.1 Å². The first-order valence-corrected chi connectivity index (χ1v) is 6.49. The lowest BCUT2D eigenvalue weighted by molar-refractivity contribution is 0.263. The summed E-state index contributed by atoms with van der Waals surface area (Å²) in [5.41, 5.74) is 8.44. The van der Waals surface area contributed by atoms with Gasteiger partial charge in [0.15, 0.2) is 0 Å². The minimum atomic E-state index is -0.158. The largest absolute Gasteiger partial charge is 0.496 e. The molecule has 0 atom stereocenters. The molecule has 1 aromatic rings. The van der Waals surface area contributed by atoms with E-state index in [1.54, 1.807) is 7.11 Å². The van der Waals surface area contributed by atoms with Gasteiger partial charge in [-0.1, -0.05) is 19.1 Å². The Balaban J connectivity index is 2.73. The lowest BCUT2D eigenvalue weighted by Crippen LogP contribution is -2.43. The molecule has 0 aliphatic carbocycles. The zero-order valence-corrected chi connectivity index (χ0v) is 12.3. The fourth-order valence-electron chi connectivity index (χ4n) is 2.27. The summed E-state index contributed by atoms with van der Waals surface area (Å²) in [6.07, 6.45) is 0.989. The molecule has 0 saturated carbocycles. The number of methoxy groups -OCH3 is 1. The van der Waals surface area contributed by atoms with Crippen LogP contribution in [0.1, 0.15) is 31.9 Å². The molecular formula is C15H26N2O. The van der Waals surface area contributed by atoms with Gasteiger partial charge in [0.05, 0.1) is 7.11 Å². The van der Waals surface area contributed by atoms with Crippen LogP contribution in [-0.2, 0) is 13.0 Å². The summed E-state index contributed by atoms with van der Waals surface area (Å²) < 4.78 is 5.34. The first kappa shape index (κ1) is 15.0. The molecule has 0 aliphatic rings. The first-order chi connectivity index (χ1) is 8.35. The Kier molecular flexibility index (Phi) is 5.17. The van der Waals surface area contributed by atoms with Crippen LogP contribution in [0.3, 0.4) is 0 Å². The number of benzene rings is 1. The van der Waals surface area contributed by atoms with Crippen LogP contribution in [0.5, 0.6) is 5.75 Å². The maximum Gasteiger partial charge on any atom is 0.122 e. The second-order valence-corrected chi connectivity index (χ2v) is 5.66. The number of likely N-dealkylation sites (N-methyl/N-ethyl adjacent to an activating group) is 1. The predicted octanol–water partition coefficient (Wildman–Crippen LogP) is 2.43. The van der Waals surface area contributed by atoms with Crippen LogP contribution in [0, 0.1) is 0 Å². The van der Waals surface area contributed by atoms with Gasteiger partial charge in [-0.3, -0.25) is 0 Å². The van der Waals surface area contributed by atoms with Crippen molar-refractivity contribution in [2.45, 2.75) is 39.3 Å². The number of aryl methyl sites for hydroxylation is 1. The zero-order valence-electron chi connectivity index (χ0n) is 12.3. The van der Waals surface area contributed by atoms with Gasteiger partial charge >= 0.3 is 0 Å². The molecule has 0 aliphatic heterocycles. The third kappa shape index (κ3) is 4.67. The van der Waals surface area contributed by atoms with E-state index in [0.29, 0.717) is 0 Å². The molecule has 0 bridgehead atoms. The smallest absolute Gasteiger partial charge is 0.122 e. The van der Waals surface area contributed by atoms with Crippen molar-refractivity contribution in [1.29, 1.82) is 0 Å². The number of rotatable bonds is 6. The molecule has 1 aromatic carbocycles. The Bertz CT molecular complexity index is 383. The monoisotopic (exact) mass is 250 g/mol.